The molecule has 4 N–H and O–H groups in total. The summed E-state index contributed by atoms with van der Waals surface area (Å²) < 4.78 is 50.5. The Labute approximate surface area is 438 Å². The molecule has 0 aromatic rings. The van der Waals surface area contributed by atoms with Crippen molar-refractivity contribution in [3.05, 3.63) is 0 Å². The van der Waals surface area contributed by atoms with Crippen LogP contribution >= 0.6 is 0 Å². The van der Waals surface area contributed by atoms with Gasteiger partial charge in [0, 0.05) is 145 Å². The van der Waals surface area contributed by atoms with Crippen molar-refractivity contribution in [2.24, 2.45) is 0 Å². The number of hydrogen-bond acceptors (Lipinski definition) is 26. The quantitative estimate of drug-likeness (QED) is 0.0215. The van der Waals surface area contributed by atoms with E-state index < -0.39 is 48.7 Å². The monoisotopic (exact) mass is 1070 g/mol. The highest BCUT2D eigenvalue weighted by molar-refractivity contribution is 5.71. The zero-order chi connectivity index (χ0) is 55.5. The predicted octanol–water partition coefficient (Wildman–Crippen LogP) is -2.36. The second-order valence-corrected chi connectivity index (χ2v) is 17.3. The summed E-state index contributed by atoms with van der Waals surface area (Å²) in [5.74, 6) is -2.36. The molecule has 0 saturated carbocycles. The molecule has 0 aromatic heterocycles. The summed E-state index contributed by atoms with van der Waals surface area (Å²) in [6, 6.07) is 0. The average molecular weight is 1070 g/mol. The van der Waals surface area contributed by atoms with Crippen molar-refractivity contribution in [1.82, 2.24) is 29.4 Å². The van der Waals surface area contributed by atoms with Crippen LogP contribution in [0.5, 0.6) is 0 Å². The number of ether oxygens (including phenoxy) is 10. The van der Waals surface area contributed by atoms with Crippen LogP contribution in [0.4, 0.5) is 0 Å². The summed E-state index contributed by atoms with van der Waals surface area (Å²) in [4.78, 5) is 83.9. The van der Waals surface area contributed by atoms with Gasteiger partial charge >= 0.3 is 35.8 Å². The van der Waals surface area contributed by atoms with Gasteiger partial charge in [0.1, 0.15) is 0 Å². The number of nitrogens with zero attached hydrogens (tertiary/aromatic N) is 6. The summed E-state index contributed by atoms with van der Waals surface area (Å²) in [7, 11) is 10.6. The number of aliphatic hydroxyl groups is 4. The van der Waals surface area contributed by atoms with Crippen LogP contribution in [0.25, 0.3) is 0 Å². The minimum Gasteiger partial charge on any atom is -0.469 e. The maximum atomic E-state index is 12.0. The zero-order valence-corrected chi connectivity index (χ0v) is 45.5. The van der Waals surface area contributed by atoms with E-state index >= 15 is 0 Å². The summed E-state index contributed by atoms with van der Waals surface area (Å²) in [6.45, 7) is 6.76. The second kappa shape index (κ2) is 45.5. The van der Waals surface area contributed by atoms with Crippen LogP contribution < -0.4 is 0 Å². The molecular formula is C48H92N6O20. The summed E-state index contributed by atoms with van der Waals surface area (Å²) >= 11 is 0. The summed E-state index contributed by atoms with van der Waals surface area (Å²) in [5.41, 5.74) is 0. The molecule has 0 aromatic carbocycles. The van der Waals surface area contributed by atoms with Gasteiger partial charge in [0.2, 0.25) is 0 Å². The maximum absolute atomic E-state index is 12.0. The first-order valence-electron chi connectivity index (χ1n) is 25.1. The number of carbonyl (C=O) groups is 6. The fourth-order valence-electron chi connectivity index (χ4n) is 7.25. The molecule has 0 amide bonds. The molecule has 0 fully saturated rings. The minimum atomic E-state index is -0.994. The molecule has 0 aliphatic carbocycles. The van der Waals surface area contributed by atoms with Crippen LogP contribution in [0.1, 0.15) is 51.4 Å². The molecule has 0 heterocycles. The largest absolute Gasteiger partial charge is 0.469 e. The molecule has 0 radical (unpaired) electrons. The van der Waals surface area contributed by atoms with E-state index in [1.54, 1.807) is 0 Å². The van der Waals surface area contributed by atoms with Crippen molar-refractivity contribution < 1.29 is 96.6 Å². The highest BCUT2D eigenvalue weighted by Crippen LogP contribution is 2.07. The number of methoxy groups -OCH3 is 8. The van der Waals surface area contributed by atoms with Gasteiger partial charge in [-0.05, 0) is 0 Å². The van der Waals surface area contributed by atoms with Crippen LogP contribution in [0.3, 0.4) is 0 Å². The van der Waals surface area contributed by atoms with Gasteiger partial charge in [0.15, 0.2) is 12.6 Å². The Morgan fingerprint density at radius 1 is 0.324 bits per heavy atom. The van der Waals surface area contributed by atoms with Crippen molar-refractivity contribution in [3.63, 3.8) is 0 Å². The van der Waals surface area contributed by atoms with E-state index in [0.717, 1.165) is 0 Å². The topological polar surface area (TPSA) is 295 Å². The Balaban J connectivity index is 5.86. The lowest BCUT2D eigenvalue weighted by molar-refractivity contribution is -0.142. The Hall–Kier alpha value is -3.74. The maximum Gasteiger partial charge on any atom is 0.306 e. The molecule has 4 unspecified atom stereocenters. The Kier molecular flexibility index (Phi) is 43.2. The molecule has 434 valence electrons. The van der Waals surface area contributed by atoms with E-state index in [1.807, 2.05) is 29.4 Å². The molecule has 0 bridgehead atoms. The first kappa shape index (κ1) is 70.3. The second-order valence-electron chi connectivity index (χ2n) is 17.3. The van der Waals surface area contributed by atoms with Gasteiger partial charge in [-0.15, -0.1) is 0 Å². The smallest absolute Gasteiger partial charge is 0.306 e. The number of hydrogen-bond donors (Lipinski definition) is 4. The number of carbonyl (C=O) groups excluding carboxylic acids is 6. The molecule has 4 atom stereocenters. The lowest BCUT2D eigenvalue weighted by atomic mass is 10.2. The minimum absolute atomic E-state index is 0.0486. The molecule has 26 nitrogen and oxygen atoms in total. The number of esters is 6. The predicted molar refractivity (Wildman–Crippen MR) is 267 cm³/mol. The average Bonchev–Trinajstić information content (AvgIpc) is 3.41. The fourth-order valence-corrected chi connectivity index (χ4v) is 7.25. The normalized spacial score (nSPS) is 13.4. The lowest BCUT2D eigenvalue weighted by Crippen LogP contribution is -2.45. The van der Waals surface area contributed by atoms with Gasteiger partial charge in [-0.3, -0.25) is 38.6 Å². The highest BCUT2D eigenvalue weighted by atomic mass is 16.6. The Bertz CT molecular complexity index is 1350. The van der Waals surface area contributed by atoms with Gasteiger partial charge < -0.3 is 87.4 Å². The highest BCUT2D eigenvalue weighted by Gasteiger charge is 2.21. The Morgan fingerprint density at radius 3 is 0.757 bits per heavy atom. The summed E-state index contributed by atoms with van der Waals surface area (Å²) in [5, 5.41) is 42.5. The molecule has 0 saturated heterocycles. The van der Waals surface area contributed by atoms with Gasteiger partial charge in [-0.25, -0.2) is 0 Å². The molecule has 26 heteroatoms. The van der Waals surface area contributed by atoms with E-state index in [4.69, 9.17) is 47.4 Å². The fraction of sp³-hybridized carbons (Fsp3) is 0.875. The van der Waals surface area contributed by atoms with Crippen molar-refractivity contribution in [2.45, 2.75) is 76.2 Å². The van der Waals surface area contributed by atoms with E-state index in [0.29, 0.717) is 118 Å². The van der Waals surface area contributed by atoms with Crippen LogP contribution in [0, 0.1) is 0 Å². The molecule has 74 heavy (non-hydrogen) atoms. The SMILES string of the molecule is COC(=O)CCN(CCC(=O)OC)CCN(CCN(CCC(=O)OC)CCC(O)OC)CC(O)COCCOCC(O)CN(CCN(CCC(=O)OC)CCC(=O)OC)CCN(CCC(=O)OC)CCC(O)OC. The van der Waals surface area contributed by atoms with E-state index in [2.05, 4.69) is 0 Å². The van der Waals surface area contributed by atoms with E-state index in [9.17, 15) is 49.2 Å². The van der Waals surface area contributed by atoms with Crippen molar-refractivity contribution in [1.29, 1.82) is 0 Å². The summed E-state index contributed by atoms with van der Waals surface area (Å²) in [6.07, 6.45) is -2.63. The first-order valence-corrected chi connectivity index (χ1v) is 25.1. The van der Waals surface area contributed by atoms with Crippen LogP contribution in [-0.2, 0) is 76.1 Å². The number of aliphatic hydroxyl groups excluding tert-OH is 4. The van der Waals surface area contributed by atoms with Crippen LogP contribution in [0.2, 0.25) is 0 Å². The third kappa shape index (κ3) is 38.8. The van der Waals surface area contributed by atoms with Crippen LogP contribution in [-0.4, -0.2) is 312 Å². The van der Waals surface area contributed by atoms with Crippen molar-refractivity contribution in [2.75, 3.05) is 201 Å². The van der Waals surface area contributed by atoms with Crippen molar-refractivity contribution in [3.8, 4) is 0 Å². The lowest BCUT2D eigenvalue weighted by Gasteiger charge is -2.31. The zero-order valence-electron chi connectivity index (χ0n) is 45.5. The molecule has 0 rings (SSSR count). The van der Waals surface area contributed by atoms with Crippen LogP contribution in [0.15, 0.2) is 0 Å². The third-order valence-corrected chi connectivity index (χ3v) is 11.9. The standard InChI is InChI=1S/C48H92N6O20/c1-65-41(57)9-17-49(18-10-42(58)66-2)25-29-53(30-26-50(19-11-43(59)67-3)20-12-44(60)68-4)35-39(55)37-73-33-34-74-38-40(56)36-54(31-27-51(21-13-45(61)69-5)22-14-46(62)70-6)32-28-52(23-15-47(63)71-7)24-16-48(64)72-8/h39-41,45,55-57,61H,9-38H2,1-8H3. The number of rotatable bonds is 49. The molecular weight excluding hydrogens is 981 g/mol. The Morgan fingerprint density at radius 2 is 0.541 bits per heavy atom. The van der Waals surface area contributed by atoms with Gasteiger partial charge in [-0.2, -0.15) is 0 Å². The molecule has 0 aliphatic rings. The van der Waals surface area contributed by atoms with Gasteiger partial charge in [0.25, 0.3) is 0 Å². The third-order valence-electron chi connectivity index (χ3n) is 11.9. The van der Waals surface area contributed by atoms with E-state index in [-0.39, 0.29) is 90.0 Å². The van der Waals surface area contributed by atoms with Gasteiger partial charge in [0.05, 0.1) is 120 Å². The van der Waals surface area contributed by atoms with Crippen molar-refractivity contribution >= 4 is 35.8 Å². The molecule has 0 spiro atoms. The van der Waals surface area contributed by atoms with E-state index in [1.165, 1.54) is 56.9 Å². The molecule has 0 aliphatic heterocycles. The van der Waals surface area contributed by atoms with Gasteiger partial charge in [-0.1, -0.05) is 0 Å². The first-order chi connectivity index (χ1) is 35.4.